The molecule has 274 valence electrons. The number of methoxy groups -OCH3 is 4. The maximum Gasteiger partial charge on any atom is 0.338 e. The molecule has 1 fully saturated rings. The van der Waals surface area contributed by atoms with Gasteiger partial charge in [0, 0.05) is 23.7 Å². The molecule has 0 unspecified atom stereocenters. The number of carbonyl (C=O) groups excluding carboxylic acids is 3. The standard InChI is InChI=1S/C38H46ClN3O8S/c1-9-30(23-10-12-24(13-11-23)36(44)50-38(2,3)4)40-37(45)42-22-34(51)41(21-29-32(48-7)18-28(46-5)19-33(29)49-8)20-26(35(42)43)16-25-17-27(39)14-15-31(25)47-6/h10-15,17-19,26,30H,9,16,20-22H2,1-8H3,(H,40,45)/t26-,30-/m1/s1. The Kier molecular flexibility index (Phi) is 13.2. The number of amides is 3. The second-order valence-corrected chi connectivity index (χ2v) is 14.0. The Balaban J connectivity index is 1.66. The summed E-state index contributed by atoms with van der Waals surface area (Å²) in [4.78, 5) is 44.4. The quantitative estimate of drug-likeness (QED) is 0.154. The summed E-state index contributed by atoms with van der Waals surface area (Å²) in [6, 6.07) is 14.6. The molecule has 1 aliphatic rings. The molecule has 2 atom stereocenters. The Morgan fingerprint density at radius 2 is 1.57 bits per heavy atom. The third-order valence-corrected chi connectivity index (χ3v) is 9.10. The fourth-order valence-corrected chi connectivity index (χ4v) is 6.35. The van der Waals surface area contributed by atoms with E-state index in [4.69, 9.17) is 47.5 Å². The lowest BCUT2D eigenvalue weighted by Gasteiger charge is -2.27. The van der Waals surface area contributed by atoms with E-state index in [1.54, 1.807) is 104 Å². The summed E-state index contributed by atoms with van der Waals surface area (Å²) in [6.45, 7) is 7.64. The lowest BCUT2D eigenvalue weighted by atomic mass is 9.96. The molecule has 0 saturated carbocycles. The van der Waals surface area contributed by atoms with Crippen LogP contribution in [0.1, 0.15) is 67.2 Å². The highest BCUT2D eigenvalue weighted by Gasteiger charge is 2.37. The highest BCUT2D eigenvalue weighted by Crippen LogP contribution is 2.36. The number of benzene rings is 3. The van der Waals surface area contributed by atoms with Gasteiger partial charge in [-0.2, -0.15) is 0 Å². The largest absolute Gasteiger partial charge is 0.496 e. The van der Waals surface area contributed by atoms with Gasteiger partial charge in [-0.1, -0.05) is 42.9 Å². The van der Waals surface area contributed by atoms with Crippen LogP contribution in [-0.2, 0) is 22.5 Å². The van der Waals surface area contributed by atoms with Crippen LogP contribution in [-0.4, -0.2) is 79.8 Å². The maximum atomic E-state index is 14.4. The molecule has 1 N–H and O–H groups in total. The number of esters is 1. The predicted molar refractivity (Wildman–Crippen MR) is 199 cm³/mol. The second-order valence-electron chi connectivity index (χ2n) is 13.1. The first kappa shape index (κ1) is 39.2. The summed E-state index contributed by atoms with van der Waals surface area (Å²) in [6.07, 6.45) is 0.752. The van der Waals surface area contributed by atoms with E-state index in [0.29, 0.717) is 56.1 Å². The van der Waals surface area contributed by atoms with Gasteiger partial charge in [-0.05, 0) is 75.1 Å². The van der Waals surface area contributed by atoms with Crippen LogP contribution in [0.5, 0.6) is 23.0 Å². The molecular weight excluding hydrogens is 694 g/mol. The maximum absolute atomic E-state index is 14.4. The predicted octanol–water partition coefficient (Wildman–Crippen LogP) is 7.02. The average molecular weight is 740 g/mol. The van der Waals surface area contributed by atoms with Crippen molar-refractivity contribution < 1.29 is 38.1 Å². The number of carbonyl (C=O) groups is 3. The minimum atomic E-state index is -0.716. The van der Waals surface area contributed by atoms with Gasteiger partial charge in [0.2, 0.25) is 5.91 Å². The number of hydrogen-bond donors (Lipinski definition) is 1. The molecule has 0 aromatic heterocycles. The van der Waals surface area contributed by atoms with E-state index in [9.17, 15) is 14.4 Å². The van der Waals surface area contributed by atoms with Crippen molar-refractivity contribution in [3.63, 3.8) is 0 Å². The molecule has 1 saturated heterocycles. The van der Waals surface area contributed by atoms with Gasteiger partial charge in [0.1, 0.15) is 28.6 Å². The minimum Gasteiger partial charge on any atom is -0.496 e. The number of urea groups is 1. The zero-order valence-corrected chi connectivity index (χ0v) is 31.9. The molecular formula is C38H46ClN3O8S. The van der Waals surface area contributed by atoms with Crippen LogP contribution in [0.15, 0.2) is 54.6 Å². The SMILES string of the molecule is CC[C@@H](NC(=O)N1CC(=S)N(Cc2c(OC)cc(OC)cc2OC)C[C@@H](Cc2cc(Cl)ccc2OC)C1=O)c1ccc(C(=O)OC(C)(C)C)cc1. The Labute approximate surface area is 310 Å². The smallest absolute Gasteiger partial charge is 0.338 e. The number of rotatable bonds is 12. The van der Waals surface area contributed by atoms with Crippen molar-refractivity contribution in [1.29, 1.82) is 0 Å². The Morgan fingerprint density at radius 1 is 0.941 bits per heavy atom. The molecule has 3 aromatic carbocycles. The number of hydrogen-bond acceptors (Lipinski definition) is 9. The third kappa shape index (κ3) is 9.83. The van der Waals surface area contributed by atoms with E-state index in [2.05, 4.69) is 5.32 Å². The zero-order valence-electron chi connectivity index (χ0n) is 30.3. The first-order chi connectivity index (χ1) is 24.2. The molecule has 0 bridgehead atoms. The molecule has 3 aromatic rings. The number of ether oxygens (including phenoxy) is 5. The Bertz CT molecular complexity index is 1720. The van der Waals surface area contributed by atoms with Gasteiger partial charge in [-0.15, -0.1) is 0 Å². The number of halogens is 1. The van der Waals surface area contributed by atoms with E-state index in [0.717, 1.165) is 5.56 Å². The highest BCUT2D eigenvalue weighted by atomic mass is 35.5. The highest BCUT2D eigenvalue weighted by molar-refractivity contribution is 7.80. The zero-order chi connectivity index (χ0) is 37.5. The van der Waals surface area contributed by atoms with Crippen LogP contribution in [0.4, 0.5) is 4.79 Å². The average Bonchev–Trinajstić information content (AvgIpc) is 3.21. The molecule has 1 heterocycles. The van der Waals surface area contributed by atoms with Crippen LogP contribution >= 0.6 is 23.8 Å². The fourth-order valence-electron chi connectivity index (χ4n) is 5.89. The van der Waals surface area contributed by atoms with Gasteiger partial charge < -0.3 is 33.9 Å². The molecule has 11 nitrogen and oxygen atoms in total. The molecule has 51 heavy (non-hydrogen) atoms. The van der Waals surface area contributed by atoms with Crippen LogP contribution < -0.4 is 24.3 Å². The minimum absolute atomic E-state index is 0.127. The molecule has 0 radical (unpaired) electrons. The first-order valence-electron chi connectivity index (χ1n) is 16.6. The number of thiocarbonyl (C=S) groups is 1. The van der Waals surface area contributed by atoms with Crippen LogP contribution in [0, 0.1) is 5.92 Å². The van der Waals surface area contributed by atoms with Crippen molar-refractivity contribution in [2.75, 3.05) is 41.5 Å². The molecule has 1 aliphatic heterocycles. The van der Waals surface area contributed by atoms with Crippen LogP contribution in [0.2, 0.25) is 5.02 Å². The Morgan fingerprint density at radius 3 is 2.12 bits per heavy atom. The first-order valence-corrected chi connectivity index (χ1v) is 17.3. The second kappa shape index (κ2) is 17.1. The summed E-state index contributed by atoms with van der Waals surface area (Å²) in [7, 11) is 6.21. The monoisotopic (exact) mass is 739 g/mol. The van der Waals surface area contributed by atoms with Gasteiger partial charge in [0.15, 0.2) is 0 Å². The van der Waals surface area contributed by atoms with Crippen molar-refractivity contribution in [3.8, 4) is 23.0 Å². The van der Waals surface area contributed by atoms with Gasteiger partial charge in [-0.25, -0.2) is 9.59 Å². The van der Waals surface area contributed by atoms with E-state index in [1.165, 1.54) is 4.90 Å². The van der Waals surface area contributed by atoms with Crippen molar-refractivity contribution in [3.05, 3.63) is 81.9 Å². The van der Waals surface area contributed by atoms with Gasteiger partial charge >= 0.3 is 12.0 Å². The summed E-state index contributed by atoms with van der Waals surface area (Å²) in [5.74, 6) is 0.619. The summed E-state index contributed by atoms with van der Waals surface area (Å²) >= 11 is 12.3. The summed E-state index contributed by atoms with van der Waals surface area (Å²) in [5, 5.41) is 3.51. The van der Waals surface area contributed by atoms with E-state index >= 15 is 0 Å². The summed E-state index contributed by atoms with van der Waals surface area (Å²) < 4.78 is 27.9. The summed E-state index contributed by atoms with van der Waals surface area (Å²) in [5.41, 5.74) is 1.95. The van der Waals surface area contributed by atoms with Gasteiger partial charge in [0.25, 0.3) is 0 Å². The van der Waals surface area contributed by atoms with E-state index < -0.39 is 35.5 Å². The van der Waals surface area contributed by atoms with Crippen molar-refractivity contribution in [2.24, 2.45) is 5.92 Å². The fraction of sp³-hybridized carbons (Fsp3) is 0.421. The topological polar surface area (TPSA) is 116 Å². The lowest BCUT2D eigenvalue weighted by Crippen LogP contribution is -2.48. The number of nitrogens with one attached hydrogen (secondary N) is 1. The van der Waals surface area contributed by atoms with E-state index in [-0.39, 0.29) is 26.1 Å². The Hall–Kier alpha value is -4.55. The van der Waals surface area contributed by atoms with Crippen LogP contribution in [0.25, 0.3) is 0 Å². The molecule has 0 aliphatic carbocycles. The lowest BCUT2D eigenvalue weighted by molar-refractivity contribution is -0.131. The normalized spacial score (nSPS) is 15.5. The number of imide groups is 1. The van der Waals surface area contributed by atoms with Crippen LogP contribution in [0.3, 0.4) is 0 Å². The van der Waals surface area contributed by atoms with Crippen molar-refractivity contribution in [2.45, 2.75) is 58.7 Å². The van der Waals surface area contributed by atoms with Crippen molar-refractivity contribution >= 4 is 46.7 Å². The number of nitrogens with zero attached hydrogens (tertiary/aromatic N) is 2. The van der Waals surface area contributed by atoms with Gasteiger partial charge in [0.05, 0.1) is 69.6 Å². The third-order valence-electron chi connectivity index (χ3n) is 8.48. The molecule has 13 heteroatoms. The van der Waals surface area contributed by atoms with Gasteiger partial charge in [-0.3, -0.25) is 9.69 Å². The van der Waals surface area contributed by atoms with Crippen molar-refractivity contribution in [1.82, 2.24) is 15.1 Å². The molecule has 0 spiro atoms. The molecule has 4 rings (SSSR count). The molecule has 3 amide bonds. The van der Waals surface area contributed by atoms with E-state index in [1.807, 2.05) is 11.8 Å².